The van der Waals surface area contributed by atoms with Crippen LogP contribution in [0.2, 0.25) is 17.6 Å². The monoisotopic (exact) mass is 576 g/mol. The van der Waals surface area contributed by atoms with Gasteiger partial charge in [-0.3, -0.25) is 0 Å². The van der Waals surface area contributed by atoms with Gasteiger partial charge in [-0.15, -0.1) is 0 Å². The summed E-state index contributed by atoms with van der Waals surface area (Å²) in [5, 5.41) is 1.30. The van der Waals surface area contributed by atoms with Crippen LogP contribution in [-0.2, 0) is 0 Å². The normalized spacial score (nSPS) is 25.6. The van der Waals surface area contributed by atoms with Crippen LogP contribution in [0.1, 0.15) is 36.8 Å². The topological polar surface area (TPSA) is 0 Å². The van der Waals surface area contributed by atoms with Crippen LogP contribution in [0.25, 0.3) is 0 Å². The van der Waals surface area contributed by atoms with Crippen LogP contribution < -0.4 is 5.19 Å². The molecule has 0 aromatic heterocycles. The van der Waals surface area contributed by atoms with Crippen LogP contribution >= 0.6 is 0 Å². The molecular weight excluding hydrogens is 540 g/mol. The van der Waals surface area contributed by atoms with Crippen LogP contribution in [-0.4, -0.2) is 8.07 Å². The smallest absolute Gasteiger partial charge is 0.123 e. The maximum Gasteiger partial charge on any atom is 0.123 e. The Morgan fingerprint density at radius 2 is 0.977 bits per heavy atom. The van der Waals surface area contributed by atoms with Gasteiger partial charge in [-0.05, 0) is 59.4 Å². The summed E-state index contributed by atoms with van der Waals surface area (Å²) in [4.78, 5) is 0. The standard InChI is InChI=1S/C41H37FSi/c1-28-26-38-34(30-14-6-4-7-15-30)18-10-12-20-36(38)40(28)43(3,33-24-22-32(42)23-25-33)41-29(2)27-39-35(19-11-13-21-37(39)41)31-16-8-5-9-17-31/h4-27,34-35,40-41H,1-3H3. The summed E-state index contributed by atoms with van der Waals surface area (Å²) in [5.74, 6) is 0.233. The summed E-state index contributed by atoms with van der Waals surface area (Å²) in [7, 11) is -2.51. The van der Waals surface area contributed by atoms with E-state index in [4.69, 9.17) is 0 Å². The van der Waals surface area contributed by atoms with Crippen molar-refractivity contribution in [3.63, 3.8) is 0 Å². The van der Waals surface area contributed by atoms with Gasteiger partial charge in [0, 0.05) is 22.9 Å². The van der Waals surface area contributed by atoms with Gasteiger partial charge in [-0.1, -0.05) is 156 Å². The molecule has 0 aliphatic heterocycles. The first-order valence-electron chi connectivity index (χ1n) is 15.4. The van der Waals surface area contributed by atoms with Gasteiger partial charge in [0.2, 0.25) is 0 Å². The summed E-state index contributed by atoms with van der Waals surface area (Å²) >= 11 is 0. The quantitative estimate of drug-likeness (QED) is 0.265. The molecule has 0 saturated heterocycles. The number of halogens is 1. The summed E-state index contributed by atoms with van der Waals surface area (Å²) in [6.45, 7) is 7.21. The largest absolute Gasteiger partial charge is 0.207 e. The average molecular weight is 577 g/mol. The molecule has 0 nitrogen and oxygen atoms in total. The lowest BCUT2D eigenvalue weighted by atomic mass is 9.89. The van der Waals surface area contributed by atoms with E-state index in [9.17, 15) is 4.39 Å². The minimum atomic E-state index is -2.51. The van der Waals surface area contributed by atoms with Crippen molar-refractivity contribution >= 4 is 13.3 Å². The number of rotatable bonds is 5. The molecule has 4 unspecified atom stereocenters. The molecule has 4 aliphatic carbocycles. The third-order valence-electron chi connectivity index (χ3n) is 10.00. The lowest BCUT2D eigenvalue weighted by molar-refractivity contribution is 0.628. The Morgan fingerprint density at radius 1 is 0.535 bits per heavy atom. The first-order chi connectivity index (χ1) is 21.0. The molecule has 3 aromatic rings. The predicted molar refractivity (Wildman–Crippen MR) is 182 cm³/mol. The average Bonchev–Trinajstić information content (AvgIpc) is 3.35. The van der Waals surface area contributed by atoms with Crippen molar-refractivity contribution in [3.8, 4) is 0 Å². The minimum absolute atomic E-state index is 0.178. The number of allylic oxidation sites excluding steroid dienone is 16. The van der Waals surface area contributed by atoms with E-state index in [0.717, 1.165) is 0 Å². The highest BCUT2D eigenvalue weighted by atomic mass is 28.3. The first kappa shape index (κ1) is 27.6. The zero-order chi connectivity index (χ0) is 29.6. The van der Waals surface area contributed by atoms with Crippen LogP contribution in [0.15, 0.2) is 179 Å². The first-order valence-corrected chi connectivity index (χ1v) is 18.0. The SMILES string of the molecule is CC1=CC2=C(C=CC=CC2c2ccccc2)C1[Si](C)(c1ccc(F)cc1)C1C(C)=CC2=C1C=CC=CC2c1ccccc1. The lowest BCUT2D eigenvalue weighted by Crippen LogP contribution is -2.54. The molecule has 4 aliphatic rings. The molecule has 0 heterocycles. The lowest BCUT2D eigenvalue weighted by Gasteiger charge is -2.43. The summed E-state index contributed by atoms with van der Waals surface area (Å²) < 4.78 is 14.4. The van der Waals surface area contributed by atoms with Gasteiger partial charge in [0.25, 0.3) is 0 Å². The summed E-state index contributed by atoms with van der Waals surface area (Å²) in [5.41, 5.74) is 11.6. The highest BCUT2D eigenvalue weighted by Gasteiger charge is 2.52. The van der Waals surface area contributed by atoms with Crippen LogP contribution in [0.4, 0.5) is 4.39 Å². The molecule has 2 heteroatoms. The third-order valence-corrected chi connectivity index (χ3v) is 15.5. The maximum absolute atomic E-state index is 14.4. The Balaban J connectivity index is 1.43. The zero-order valence-electron chi connectivity index (χ0n) is 25.0. The van der Waals surface area contributed by atoms with Crippen molar-refractivity contribution in [2.75, 3.05) is 0 Å². The Kier molecular flexibility index (Phi) is 7.11. The molecule has 0 fully saturated rings. The van der Waals surface area contributed by atoms with E-state index in [1.165, 1.54) is 49.8 Å². The van der Waals surface area contributed by atoms with Crippen molar-refractivity contribution < 1.29 is 4.39 Å². The highest BCUT2D eigenvalue weighted by Crippen LogP contribution is 2.58. The summed E-state index contributed by atoms with van der Waals surface area (Å²) in [6, 6.07) is 29.2. The van der Waals surface area contributed by atoms with Crippen molar-refractivity contribution in [1.29, 1.82) is 0 Å². The molecule has 0 amide bonds. The third kappa shape index (κ3) is 4.65. The number of hydrogen-bond acceptors (Lipinski definition) is 0. The second-order valence-electron chi connectivity index (χ2n) is 12.5. The predicted octanol–water partition coefficient (Wildman–Crippen LogP) is 10.2. The molecule has 3 aromatic carbocycles. The zero-order valence-corrected chi connectivity index (χ0v) is 26.0. The van der Waals surface area contributed by atoms with Gasteiger partial charge in [0.15, 0.2) is 0 Å². The number of hydrogen-bond donors (Lipinski definition) is 0. The van der Waals surface area contributed by atoms with E-state index in [2.05, 4.69) is 154 Å². The van der Waals surface area contributed by atoms with Crippen molar-refractivity contribution in [2.45, 2.75) is 43.3 Å². The van der Waals surface area contributed by atoms with Crippen LogP contribution in [0, 0.1) is 5.82 Å². The molecule has 7 rings (SSSR count). The molecule has 4 atom stereocenters. The van der Waals surface area contributed by atoms with Crippen molar-refractivity contribution in [2.24, 2.45) is 0 Å². The van der Waals surface area contributed by atoms with Gasteiger partial charge in [0.1, 0.15) is 13.9 Å². The van der Waals surface area contributed by atoms with E-state index in [0.29, 0.717) is 0 Å². The number of benzene rings is 3. The Morgan fingerprint density at radius 3 is 1.42 bits per heavy atom. The molecule has 0 spiro atoms. The highest BCUT2D eigenvalue weighted by molar-refractivity contribution is 6.95. The fourth-order valence-electron chi connectivity index (χ4n) is 8.25. The van der Waals surface area contributed by atoms with Gasteiger partial charge >= 0.3 is 0 Å². The fourth-order valence-corrected chi connectivity index (χ4v) is 14.0. The molecule has 0 saturated carbocycles. The van der Waals surface area contributed by atoms with Gasteiger partial charge < -0.3 is 0 Å². The fraction of sp³-hybridized carbons (Fsp3) is 0.171. The van der Waals surface area contributed by atoms with Crippen molar-refractivity contribution in [3.05, 3.63) is 196 Å². The van der Waals surface area contributed by atoms with E-state index in [1.807, 2.05) is 0 Å². The molecule has 0 bridgehead atoms. The second kappa shape index (κ2) is 11.1. The molecule has 0 N–H and O–H groups in total. The van der Waals surface area contributed by atoms with E-state index < -0.39 is 8.07 Å². The van der Waals surface area contributed by atoms with E-state index in [1.54, 1.807) is 12.1 Å². The van der Waals surface area contributed by atoms with Crippen LogP contribution in [0.5, 0.6) is 0 Å². The van der Waals surface area contributed by atoms with Gasteiger partial charge in [0.05, 0.1) is 0 Å². The molecular formula is C41H37FSi. The Labute approximate surface area is 256 Å². The Bertz CT molecular complexity index is 1680. The molecule has 43 heavy (non-hydrogen) atoms. The second-order valence-corrected chi connectivity index (χ2v) is 16.8. The van der Waals surface area contributed by atoms with Gasteiger partial charge in [-0.25, -0.2) is 4.39 Å². The summed E-state index contributed by atoms with van der Waals surface area (Å²) in [6.07, 6.45) is 23.2. The van der Waals surface area contributed by atoms with Crippen LogP contribution in [0.3, 0.4) is 0 Å². The van der Waals surface area contributed by atoms with E-state index in [-0.39, 0.29) is 28.7 Å². The van der Waals surface area contributed by atoms with Gasteiger partial charge in [-0.2, -0.15) is 0 Å². The molecule has 0 radical (unpaired) electrons. The van der Waals surface area contributed by atoms with Crippen molar-refractivity contribution in [1.82, 2.24) is 0 Å². The minimum Gasteiger partial charge on any atom is -0.207 e. The van der Waals surface area contributed by atoms with E-state index >= 15 is 0 Å². The Hall–Kier alpha value is -4.27. The molecule has 212 valence electrons. The maximum atomic E-state index is 14.4.